The Morgan fingerprint density at radius 1 is 1.09 bits per heavy atom. The monoisotopic (exact) mass is 438 g/mol. The van der Waals surface area contributed by atoms with Crippen LogP contribution in [0.3, 0.4) is 0 Å². The van der Waals surface area contributed by atoms with E-state index in [1.807, 2.05) is 0 Å². The van der Waals surface area contributed by atoms with Crippen LogP contribution in [-0.2, 0) is 15.3 Å². The highest BCUT2D eigenvalue weighted by molar-refractivity contribution is 6.01. The van der Waals surface area contributed by atoms with Crippen LogP contribution in [0.4, 0.5) is 14.5 Å². The number of anilines is 1. The van der Waals surface area contributed by atoms with Gasteiger partial charge < -0.3 is 5.11 Å². The maximum absolute atomic E-state index is 14.1. The Kier molecular flexibility index (Phi) is 4.40. The van der Waals surface area contributed by atoms with Crippen LogP contribution < -0.4 is 10.5 Å². The van der Waals surface area contributed by atoms with Crippen molar-refractivity contribution in [2.45, 2.75) is 31.3 Å². The van der Waals surface area contributed by atoms with Gasteiger partial charge in [-0.2, -0.15) is 10.1 Å². The number of nitrogens with zero attached hydrogens (tertiary/aromatic N) is 4. The summed E-state index contributed by atoms with van der Waals surface area (Å²) in [5.74, 6) is -2.35. The molecular formula is C22H16F2N4O4. The van der Waals surface area contributed by atoms with Gasteiger partial charge in [0, 0.05) is 36.8 Å². The molecule has 32 heavy (non-hydrogen) atoms. The van der Waals surface area contributed by atoms with Crippen LogP contribution in [0.1, 0.15) is 25.7 Å². The van der Waals surface area contributed by atoms with Crippen LogP contribution in [0.5, 0.6) is 0 Å². The molecule has 3 heterocycles. The van der Waals surface area contributed by atoms with Gasteiger partial charge in [0.15, 0.2) is 11.5 Å². The van der Waals surface area contributed by atoms with Crippen molar-refractivity contribution in [3.8, 4) is 22.6 Å². The van der Waals surface area contributed by atoms with Crippen LogP contribution in [0.2, 0.25) is 0 Å². The molecule has 1 N–H and O–H groups in total. The lowest BCUT2D eigenvalue weighted by Gasteiger charge is -2.44. The Balaban J connectivity index is 1.81. The number of amides is 1. The number of aliphatic carboxylic acids is 1. The molecule has 0 aliphatic carbocycles. The van der Waals surface area contributed by atoms with Gasteiger partial charge in [-0.3, -0.25) is 19.3 Å². The first-order chi connectivity index (χ1) is 15.3. The number of hydrogen-bond donors (Lipinski definition) is 1. The lowest BCUT2D eigenvalue weighted by molar-refractivity contribution is -0.137. The average Bonchev–Trinajstić information content (AvgIpc) is 3.10. The number of carbonyl (C=O) groups excluding carboxylic acids is 1. The minimum atomic E-state index is -1.22. The van der Waals surface area contributed by atoms with Crippen LogP contribution in [0, 0.1) is 11.6 Å². The van der Waals surface area contributed by atoms with Gasteiger partial charge in [0.1, 0.15) is 17.3 Å². The number of hydrogen-bond acceptors (Lipinski definition) is 5. The first kappa shape index (κ1) is 20.0. The molecule has 3 aromatic rings. The average molecular weight is 438 g/mol. The Morgan fingerprint density at radius 3 is 2.53 bits per heavy atom. The van der Waals surface area contributed by atoms with Crippen molar-refractivity contribution < 1.29 is 23.5 Å². The maximum Gasteiger partial charge on any atom is 0.303 e. The predicted molar refractivity (Wildman–Crippen MR) is 109 cm³/mol. The van der Waals surface area contributed by atoms with E-state index in [1.54, 1.807) is 0 Å². The summed E-state index contributed by atoms with van der Waals surface area (Å²) in [6, 6.07) is 8.90. The standard InChI is InChI=1S/C22H16F2N4O4/c23-13-3-1-12(2-4-13)19-21(32)25-20-15-11-14(24)5-6-16(15)27-17(29)7-9-22(27,28(20)26-19)10-8-18(30)31/h1-6,11H,7-10H2,(H,30,31)/t22-/m0/s1. The van der Waals surface area contributed by atoms with Crippen molar-refractivity contribution in [1.29, 1.82) is 0 Å². The zero-order valence-corrected chi connectivity index (χ0v) is 16.6. The fourth-order valence-corrected chi connectivity index (χ4v) is 4.49. The molecule has 2 aliphatic heterocycles. The molecule has 2 aromatic carbocycles. The van der Waals surface area contributed by atoms with Crippen LogP contribution in [0.15, 0.2) is 47.3 Å². The lowest BCUT2D eigenvalue weighted by Crippen LogP contribution is -2.53. The largest absolute Gasteiger partial charge is 0.481 e. The number of halogens is 2. The van der Waals surface area contributed by atoms with Crippen LogP contribution >= 0.6 is 0 Å². The van der Waals surface area contributed by atoms with Crippen molar-refractivity contribution in [2.24, 2.45) is 0 Å². The third-order valence-electron chi connectivity index (χ3n) is 5.91. The Hall–Kier alpha value is -3.95. The summed E-state index contributed by atoms with van der Waals surface area (Å²) in [6.45, 7) is 0. The summed E-state index contributed by atoms with van der Waals surface area (Å²) in [6.07, 6.45) is 0.108. The second-order valence-electron chi connectivity index (χ2n) is 7.77. The van der Waals surface area contributed by atoms with E-state index in [-0.39, 0.29) is 48.7 Å². The molecule has 1 amide bonds. The third-order valence-corrected chi connectivity index (χ3v) is 5.91. The number of benzene rings is 2. The molecule has 1 atom stereocenters. The third kappa shape index (κ3) is 2.90. The first-order valence-electron chi connectivity index (χ1n) is 9.93. The molecular weight excluding hydrogens is 422 g/mol. The molecule has 10 heteroatoms. The van der Waals surface area contributed by atoms with Crippen LogP contribution in [0.25, 0.3) is 22.6 Å². The molecule has 0 radical (unpaired) electrons. The summed E-state index contributed by atoms with van der Waals surface area (Å²) < 4.78 is 28.9. The Labute approximate surface area is 179 Å². The van der Waals surface area contributed by atoms with E-state index in [9.17, 15) is 28.3 Å². The molecule has 1 aromatic heterocycles. The fraction of sp³-hybridized carbons (Fsp3) is 0.227. The van der Waals surface area contributed by atoms with Gasteiger partial charge in [-0.15, -0.1) is 0 Å². The highest BCUT2D eigenvalue weighted by atomic mass is 19.1. The van der Waals surface area contributed by atoms with Gasteiger partial charge in [-0.1, -0.05) is 0 Å². The summed E-state index contributed by atoms with van der Waals surface area (Å²) >= 11 is 0. The van der Waals surface area contributed by atoms with E-state index in [2.05, 4.69) is 10.1 Å². The minimum absolute atomic E-state index is 0.0122. The highest BCUT2D eigenvalue weighted by Gasteiger charge is 2.53. The second-order valence-corrected chi connectivity index (χ2v) is 7.77. The van der Waals surface area contributed by atoms with E-state index in [0.29, 0.717) is 11.3 Å². The number of aromatic nitrogens is 3. The minimum Gasteiger partial charge on any atom is -0.481 e. The van der Waals surface area contributed by atoms with Crippen molar-refractivity contribution in [1.82, 2.24) is 14.8 Å². The molecule has 0 unspecified atom stereocenters. The van der Waals surface area contributed by atoms with E-state index < -0.39 is 28.8 Å². The topological polar surface area (TPSA) is 105 Å². The van der Waals surface area contributed by atoms with Crippen LogP contribution in [-0.4, -0.2) is 31.7 Å². The van der Waals surface area contributed by atoms with E-state index in [0.717, 1.165) is 0 Å². The van der Waals surface area contributed by atoms with Gasteiger partial charge in [-0.25, -0.2) is 13.5 Å². The molecule has 0 saturated carbocycles. The summed E-state index contributed by atoms with van der Waals surface area (Å²) in [5, 5.41) is 13.8. The SMILES string of the molecule is O=C(O)CC[C@@]12CCC(=O)N1c1ccc(F)cc1-c1nc(=O)c(-c3ccc(F)cc3)nn12. The molecule has 0 bridgehead atoms. The molecule has 8 nitrogen and oxygen atoms in total. The number of carboxylic acid groups (broad SMARTS) is 1. The van der Waals surface area contributed by atoms with E-state index in [4.69, 9.17) is 0 Å². The predicted octanol–water partition coefficient (Wildman–Crippen LogP) is 2.91. The Morgan fingerprint density at radius 2 is 1.81 bits per heavy atom. The molecule has 2 aliphatic rings. The van der Waals surface area contributed by atoms with Gasteiger partial charge in [0.2, 0.25) is 5.91 Å². The zero-order chi connectivity index (χ0) is 22.6. The zero-order valence-electron chi connectivity index (χ0n) is 16.6. The lowest BCUT2D eigenvalue weighted by atomic mass is 9.95. The fourth-order valence-electron chi connectivity index (χ4n) is 4.49. The Bertz CT molecular complexity index is 1340. The molecule has 1 fully saturated rings. The number of carbonyl (C=O) groups is 2. The first-order valence-corrected chi connectivity index (χ1v) is 9.93. The van der Waals surface area contributed by atoms with Gasteiger partial charge in [0.25, 0.3) is 5.56 Å². The summed E-state index contributed by atoms with van der Waals surface area (Å²) in [5.41, 5.74) is -1.13. The van der Waals surface area contributed by atoms with Crippen molar-refractivity contribution in [3.05, 3.63) is 64.5 Å². The van der Waals surface area contributed by atoms with E-state index in [1.165, 1.54) is 52.0 Å². The number of carboxylic acids is 1. The molecule has 162 valence electrons. The second kappa shape index (κ2) is 7.04. The highest BCUT2D eigenvalue weighted by Crippen LogP contribution is 2.50. The van der Waals surface area contributed by atoms with Gasteiger partial charge >= 0.3 is 5.97 Å². The quantitative estimate of drug-likeness (QED) is 0.672. The maximum atomic E-state index is 14.1. The summed E-state index contributed by atoms with van der Waals surface area (Å²) in [4.78, 5) is 42.7. The van der Waals surface area contributed by atoms with Gasteiger partial charge in [-0.05, 0) is 42.5 Å². The number of fused-ring (bicyclic) bond motifs is 6. The molecule has 5 rings (SSSR count). The normalized spacial score (nSPS) is 18.8. The smallest absolute Gasteiger partial charge is 0.303 e. The van der Waals surface area contributed by atoms with Crippen molar-refractivity contribution in [3.63, 3.8) is 0 Å². The van der Waals surface area contributed by atoms with Crippen molar-refractivity contribution in [2.75, 3.05) is 4.90 Å². The summed E-state index contributed by atoms with van der Waals surface area (Å²) in [7, 11) is 0. The van der Waals surface area contributed by atoms with E-state index >= 15 is 0 Å². The molecule has 1 saturated heterocycles. The van der Waals surface area contributed by atoms with Gasteiger partial charge in [0.05, 0.1) is 5.69 Å². The number of rotatable bonds is 4. The molecule has 0 spiro atoms. The van der Waals surface area contributed by atoms with Crippen molar-refractivity contribution >= 4 is 17.6 Å².